The van der Waals surface area contributed by atoms with E-state index in [-0.39, 0.29) is 24.0 Å². The van der Waals surface area contributed by atoms with Crippen LogP contribution < -0.4 is 14.2 Å². The second-order valence-corrected chi connectivity index (χ2v) is 6.67. The van der Waals surface area contributed by atoms with Crippen LogP contribution >= 0.6 is 11.6 Å². The Morgan fingerprint density at radius 1 is 1.26 bits per heavy atom. The third kappa shape index (κ3) is 5.08. The number of rotatable bonds is 8. The van der Waals surface area contributed by atoms with E-state index in [1.54, 1.807) is 50.4 Å². The van der Waals surface area contributed by atoms with E-state index in [1.807, 2.05) is 0 Å². The molecule has 3 rings (SSSR count). The van der Waals surface area contributed by atoms with Crippen LogP contribution in [0, 0.1) is 11.3 Å². The SMILES string of the molecule is CCOC(=O)COc1c(Cl)cc(/C=C(/C#N)c2nc3ccc(OC)cc3[nH]2)cc1OC. The number of halogens is 1. The average molecular weight is 442 g/mol. The molecule has 0 unspecified atom stereocenters. The Morgan fingerprint density at radius 3 is 2.74 bits per heavy atom. The summed E-state index contributed by atoms with van der Waals surface area (Å²) in [6.45, 7) is 1.66. The summed E-state index contributed by atoms with van der Waals surface area (Å²) in [7, 11) is 3.03. The standard InChI is InChI=1S/C22H20ClN3O5/c1-4-30-20(27)12-31-21-16(23)8-13(9-19(21)29-3)7-14(11-24)22-25-17-6-5-15(28-2)10-18(17)26-22/h5-10H,4,12H2,1-3H3,(H,25,26)/b14-7-. The second-order valence-electron chi connectivity index (χ2n) is 6.27. The van der Waals surface area contributed by atoms with Gasteiger partial charge in [0.25, 0.3) is 0 Å². The van der Waals surface area contributed by atoms with Gasteiger partial charge in [0, 0.05) is 6.07 Å². The zero-order chi connectivity index (χ0) is 22.4. The fourth-order valence-electron chi connectivity index (χ4n) is 2.86. The van der Waals surface area contributed by atoms with Crippen LogP contribution in [-0.4, -0.2) is 43.4 Å². The van der Waals surface area contributed by atoms with Crippen molar-refractivity contribution in [2.75, 3.05) is 27.4 Å². The number of hydrogen-bond donors (Lipinski definition) is 1. The molecule has 9 heteroatoms. The van der Waals surface area contributed by atoms with E-state index in [2.05, 4.69) is 16.0 Å². The quantitative estimate of drug-likeness (QED) is 0.411. The van der Waals surface area contributed by atoms with E-state index in [0.717, 1.165) is 5.52 Å². The van der Waals surface area contributed by atoms with E-state index in [9.17, 15) is 10.1 Å². The largest absolute Gasteiger partial charge is 0.497 e. The molecule has 0 radical (unpaired) electrons. The van der Waals surface area contributed by atoms with Gasteiger partial charge in [-0.1, -0.05) is 11.6 Å². The number of esters is 1. The molecule has 0 atom stereocenters. The van der Waals surface area contributed by atoms with Crippen molar-refractivity contribution in [1.29, 1.82) is 5.26 Å². The highest BCUT2D eigenvalue weighted by Crippen LogP contribution is 2.37. The Bertz CT molecular complexity index is 1180. The van der Waals surface area contributed by atoms with E-state index in [0.29, 0.717) is 34.0 Å². The number of methoxy groups -OCH3 is 2. The number of ether oxygens (including phenoxy) is 4. The number of fused-ring (bicyclic) bond motifs is 1. The number of nitrogens with one attached hydrogen (secondary N) is 1. The maximum atomic E-state index is 11.6. The molecule has 0 aliphatic heterocycles. The minimum atomic E-state index is -0.516. The molecule has 2 aromatic carbocycles. The highest BCUT2D eigenvalue weighted by atomic mass is 35.5. The van der Waals surface area contributed by atoms with Crippen molar-refractivity contribution < 1.29 is 23.7 Å². The number of allylic oxidation sites excluding steroid dienone is 1. The molecule has 0 spiro atoms. The Morgan fingerprint density at radius 2 is 2.06 bits per heavy atom. The minimum Gasteiger partial charge on any atom is -0.497 e. The molecule has 3 aromatic rings. The molecule has 1 aromatic heterocycles. The van der Waals surface area contributed by atoms with E-state index < -0.39 is 5.97 Å². The first kappa shape index (κ1) is 22.0. The number of benzene rings is 2. The molecule has 0 aliphatic rings. The van der Waals surface area contributed by atoms with Gasteiger partial charge < -0.3 is 23.9 Å². The monoisotopic (exact) mass is 441 g/mol. The molecular weight excluding hydrogens is 422 g/mol. The zero-order valence-electron chi connectivity index (χ0n) is 17.2. The molecule has 1 heterocycles. The fourth-order valence-corrected chi connectivity index (χ4v) is 3.13. The lowest BCUT2D eigenvalue weighted by Gasteiger charge is -2.13. The van der Waals surface area contributed by atoms with E-state index in [1.165, 1.54) is 7.11 Å². The fraction of sp³-hybridized carbons (Fsp3) is 0.227. The highest BCUT2D eigenvalue weighted by molar-refractivity contribution is 6.32. The molecule has 1 N–H and O–H groups in total. The third-order valence-corrected chi connectivity index (χ3v) is 4.55. The number of nitrogens with zero attached hydrogens (tertiary/aromatic N) is 2. The third-order valence-electron chi connectivity index (χ3n) is 4.27. The van der Waals surface area contributed by atoms with Gasteiger partial charge in [-0.2, -0.15) is 5.26 Å². The number of imidazole rings is 1. The Labute approximate surface area is 184 Å². The normalized spacial score (nSPS) is 11.1. The van der Waals surface area contributed by atoms with E-state index in [4.69, 9.17) is 30.5 Å². The van der Waals surface area contributed by atoms with Crippen LogP contribution in [0.15, 0.2) is 30.3 Å². The maximum absolute atomic E-state index is 11.6. The van der Waals surface area contributed by atoms with Gasteiger partial charge in [-0.15, -0.1) is 0 Å². The molecule has 0 bridgehead atoms. The first-order chi connectivity index (χ1) is 15.0. The molecule has 0 amide bonds. The summed E-state index contributed by atoms with van der Waals surface area (Å²) in [4.78, 5) is 19.1. The number of aromatic nitrogens is 2. The van der Waals surface area contributed by atoms with Crippen LogP contribution in [0.4, 0.5) is 0 Å². The Kier molecular flexibility index (Phi) is 7.00. The molecule has 160 valence electrons. The summed E-state index contributed by atoms with van der Waals surface area (Å²) in [5.74, 6) is 1.10. The first-order valence-electron chi connectivity index (χ1n) is 9.31. The van der Waals surface area contributed by atoms with Crippen molar-refractivity contribution in [1.82, 2.24) is 9.97 Å². The topological polar surface area (TPSA) is 106 Å². The lowest BCUT2D eigenvalue weighted by molar-refractivity contribution is -0.145. The van der Waals surface area contributed by atoms with Crippen LogP contribution in [0.25, 0.3) is 22.7 Å². The van der Waals surface area contributed by atoms with Crippen molar-refractivity contribution in [3.63, 3.8) is 0 Å². The van der Waals surface area contributed by atoms with Crippen molar-refractivity contribution in [2.24, 2.45) is 0 Å². The molecule has 0 aliphatic carbocycles. The number of carbonyl (C=O) groups is 1. The zero-order valence-corrected chi connectivity index (χ0v) is 17.9. The summed E-state index contributed by atoms with van der Waals surface area (Å²) >= 11 is 6.34. The van der Waals surface area contributed by atoms with Crippen molar-refractivity contribution in [3.8, 4) is 23.3 Å². The summed E-state index contributed by atoms with van der Waals surface area (Å²) in [6, 6.07) is 10.8. The highest BCUT2D eigenvalue weighted by Gasteiger charge is 2.15. The molecule has 0 saturated heterocycles. The smallest absolute Gasteiger partial charge is 0.344 e. The van der Waals surface area contributed by atoms with Gasteiger partial charge in [0.15, 0.2) is 18.1 Å². The van der Waals surface area contributed by atoms with Gasteiger partial charge in [0.2, 0.25) is 0 Å². The predicted molar refractivity (Wildman–Crippen MR) is 116 cm³/mol. The number of aromatic amines is 1. The Balaban J connectivity index is 1.93. The molecule has 31 heavy (non-hydrogen) atoms. The summed E-state index contributed by atoms with van der Waals surface area (Å²) in [5, 5.41) is 9.89. The van der Waals surface area contributed by atoms with Crippen LogP contribution in [-0.2, 0) is 9.53 Å². The number of carbonyl (C=O) groups excluding carboxylic acids is 1. The van der Waals surface area contributed by atoms with E-state index >= 15 is 0 Å². The second kappa shape index (κ2) is 9.87. The van der Waals surface area contributed by atoms with Crippen LogP contribution in [0.1, 0.15) is 18.3 Å². The van der Waals surface area contributed by atoms with Crippen molar-refractivity contribution in [3.05, 3.63) is 46.7 Å². The lowest BCUT2D eigenvalue weighted by atomic mass is 10.1. The van der Waals surface area contributed by atoms with Crippen LogP contribution in [0.5, 0.6) is 17.2 Å². The molecular formula is C22H20ClN3O5. The van der Waals surface area contributed by atoms with Gasteiger partial charge in [-0.3, -0.25) is 0 Å². The van der Waals surface area contributed by atoms with Gasteiger partial charge >= 0.3 is 5.97 Å². The molecule has 0 fully saturated rings. The Hall–Kier alpha value is -3.70. The number of nitriles is 1. The van der Waals surface area contributed by atoms with Gasteiger partial charge in [-0.05, 0) is 42.8 Å². The minimum absolute atomic E-state index is 0.212. The summed E-state index contributed by atoms with van der Waals surface area (Å²) in [5.41, 5.74) is 2.34. The number of H-pyrrole nitrogens is 1. The number of hydrogen-bond acceptors (Lipinski definition) is 7. The summed E-state index contributed by atoms with van der Waals surface area (Å²) in [6.07, 6.45) is 1.62. The first-order valence-corrected chi connectivity index (χ1v) is 9.68. The van der Waals surface area contributed by atoms with Gasteiger partial charge in [0.1, 0.15) is 17.6 Å². The predicted octanol–water partition coefficient (Wildman–Crippen LogP) is 4.24. The molecule has 0 saturated carbocycles. The summed E-state index contributed by atoms with van der Waals surface area (Å²) < 4.78 is 20.9. The maximum Gasteiger partial charge on any atom is 0.344 e. The molecule has 8 nitrogen and oxygen atoms in total. The average Bonchev–Trinajstić information content (AvgIpc) is 3.19. The van der Waals surface area contributed by atoms with Crippen LogP contribution in [0.3, 0.4) is 0 Å². The van der Waals surface area contributed by atoms with Gasteiger partial charge in [-0.25, -0.2) is 9.78 Å². The lowest BCUT2D eigenvalue weighted by Crippen LogP contribution is -2.15. The van der Waals surface area contributed by atoms with Crippen LogP contribution in [0.2, 0.25) is 5.02 Å². The van der Waals surface area contributed by atoms with Gasteiger partial charge in [0.05, 0.1) is 42.5 Å². The van der Waals surface area contributed by atoms with Crippen molar-refractivity contribution in [2.45, 2.75) is 6.92 Å². The van der Waals surface area contributed by atoms with Crippen molar-refractivity contribution >= 4 is 40.3 Å².